The fraction of sp³-hybridized carbons (Fsp3) is 0.538. The van der Waals surface area contributed by atoms with Gasteiger partial charge < -0.3 is 15.8 Å². The van der Waals surface area contributed by atoms with Crippen LogP contribution in [0.1, 0.15) is 18.4 Å². The van der Waals surface area contributed by atoms with Crippen molar-refractivity contribution in [2.24, 2.45) is 5.73 Å². The molecular weight excluding hydrogens is 200 g/mol. The lowest BCUT2D eigenvalue weighted by Gasteiger charge is -2.12. The standard InChI is InChI=1S/C13H22N2O/c1-16-9-5-8-13(14)11-15-10-12-6-3-2-4-7-12/h2-4,6-7,13,15H,5,8-11,14H2,1H3. The van der Waals surface area contributed by atoms with Gasteiger partial charge >= 0.3 is 0 Å². The molecule has 1 rings (SSSR count). The summed E-state index contributed by atoms with van der Waals surface area (Å²) in [5.74, 6) is 0. The summed E-state index contributed by atoms with van der Waals surface area (Å²) in [7, 11) is 1.72. The number of nitrogens with two attached hydrogens (primary N) is 1. The molecule has 16 heavy (non-hydrogen) atoms. The molecule has 0 amide bonds. The summed E-state index contributed by atoms with van der Waals surface area (Å²) in [5.41, 5.74) is 7.26. The van der Waals surface area contributed by atoms with E-state index in [1.54, 1.807) is 7.11 Å². The first-order valence-electron chi connectivity index (χ1n) is 5.82. The van der Waals surface area contributed by atoms with Crippen LogP contribution in [-0.4, -0.2) is 26.3 Å². The van der Waals surface area contributed by atoms with Crippen LogP contribution in [0.2, 0.25) is 0 Å². The molecule has 3 N–H and O–H groups in total. The average molecular weight is 222 g/mol. The largest absolute Gasteiger partial charge is 0.385 e. The van der Waals surface area contributed by atoms with Crippen molar-refractivity contribution < 1.29 is 4.74 Å². The molecule has 0 heterocycles. The van der Waals surface area contributed by atoms with E-state index in [1.807, 2.05) is 6.07 Å². The molecule has 0 saturated heterocycles. The fourth-order valence-corrected chi connectivity index (χ4v) is 1.59. The Labute approximate surface area is 98.0 Å². The molecule has 0 aliphatic heterocycles. The summed E-state index contributed by atoms with van der Waals surface area (Å²) in [4.78, 5) is 0. The third-order valence-corrected chi connectivity index (χ3v) is 2.50. The minimum atomic E-state index is 0.221. The van der Waals surface area contributed by atoms with E-state index in [4.69, 9.17) is 10.5 Å². The second-order valence-electron chi connectivity index (χ2n) is 4.01. The summed E-state index contributed by atoms with van der Waals surface area (Å²) in [5, 5.41) is 3.36. The average Bonchev–Trinajstić information content (AvgIpc) is 2.31. The van der Waals surface area contributed by atoms with Crippen molar-refractivity contribution in [3.8, 4) is 0 Å². The molecule has 0 fully saturated rings. The fourth-order valence-electron chi connectivity index (χ4n) is 1.59. The molecule has 1 aromatic rings. The number of rotatable bonds is 8. The van der Waals surface area contributed by atoms with Crippen LogP contribution < -0.4 is 11.1 Å². The van der Waals surface area contributed by atoms with E-state index in [0.29, 0.717) is 0 Å². The number of hydrogen-bond acceptors (Lipinski definition) is 3. The monoisotopic (exact) mass is 222 g/mol. The molecule has 3 nitrogen and oxygen atoms in total. The van der Waals surface area contributed by atoms with Gasteiger partial charge in [0.05, 0.1) is 0 Å². The van der Waals surface area contributed by atoms with Crippen LogP contribution in [0.4, 0.5) is 0 Å². The van der Waals surface area contributed by atoms with E-state index < -0.39 is 0 Å². The van der Waals surface area contributed by atoms with Gasteiger partial charge in [-0.1, -0.05) is 30.3 Å². The van der Waals surface area contributed by atoms with Gasteiger partial charge in [0.25, 0.3) is 0 Å². The molecule has 3 heteroatoms. The van der Waals surface area contributed by atoms with Gasteiger partial charge in [-0.05, 0) is 18.4 Å². The van der Waals surface area contributed by atoms with Gasteiger partial charge in [-0.25, -0.2) is 0 Å². The lowest BCUT2D eigenvalue weighted by atomic mass is 10.1. The van der Waals surface area contributed by atoms with Crippen LogP contribution in [0, 0.1) is 0 Å². The molecule has 0 saturated carbocycles. The predicted molar refractivity (Wildman–Crippen MR) is 67.2 cm³/mol. The van der Waals surface area contributed by atoms with Crippen LogP contribution >= 0.6 is 0 Å². The molecule has 1 atom stereocenters. The maximum atomic E-state index is 5.96. The first-order valence-corrected chi connectivity index (χ1v) is 5.82. The SMILES string of the molecule is COCCCC(N)CNCc1ccccc1. The summed E-state index contributed by atoms with van der Waals surface area (Å²) in [6.07, 6.45) is 2.04. The van der Waals surface area contributed by atoms with E-state index >= 15 is 0 Å². The van der Waals surface area contributed by atoms with Crippen molar-refractivity contribution in [1.82, 2.24) is 5.32 Å². The Morgan fingerprint density at radius 2 is 2.06 bits per heavy atom. The summed E-state index contributed by atoms with van der Waals surface area (Å²) in [6.45, 7) is 2.55. The zero-order valence-electron chi connectivity index (χ0n) is 9.99. The van der Waals surface area contributed by atoms with E-state index in [-0.39, 0.29) is 6.04 Å². The van der Waals surface area contributed by atoms with Gasteiger partial charge in [-0.15, -0.1) is 0 Å². The lowest BCUT2D eigenvalue weighted by molar-refractivity contribution is 0.190. The highest BCUT2D eigenvalue weighted by Gasteiger charge is 2.01. The second-order valence-corrected chi connectivity index (χ2v) is 4.01. The second kappa shape index (κ2) is 8.28. The van der Waals surface area contributed by atoms with Crippen molar-refractivity contribution >= 4 is 0 Å². The van der Waals surface area contributed by atoms with Gasteiger partial charge in [-0.2, -0.15) is 0 Å². The molecule has 0 radical (unpaired) electrons. The molecule has 1 aromatic carbocycles. The lowest BCUT2D eigenvalue weighted by Crippen LogP contribution is -2.33. The smallest absolute Gasteiger partial charge is 0.0462 e. The first-order chi connectivity index (χ1) is 7.83. The zero-order chi connectivity index (χ0) is 11.6. The Morgan fingerprint density at radius 3 is 2.75 bits per heavy atom. The molecular formula is C13H22N2O. The summed E-state index contributed by atoms with van der Waals surface area (Å²) in [6, 6.07) is 10.6. The quantitative estimate of drug-likeness (QED) is 0.656. The highest BCUT2D eigenvalue weighted by molar-refractivity contribution is 5.14. The first kappa shape index (κ1) is 13.2. The van der Waals surface area contributed by atoms with Gasteiger partial charge in [0.1, 0.15) is 0 Å². The predicted octanol–water partition coefficient (Wildman–Crippen LogP) is 1.53. The van der Waals surface area contributed by atoms with E-state index in [1.165, 1.54) is 5.56 Å². The Morgan fingerprint density at radius 1 is 1.31 bits per heavy atom. The van der Waals surface area contributed by atoms with Crippen molar-refractivity contribution in [1.29, 1.82) is 0 Å². The maximum absolute atomic E-state index is 5.96. The molecule has 1 unspecified atom stereocenters. The molecule has 0 aliphatic rings. The molecule has 0 spiro atoms. The Hall–Kier alpha value is -0.900. The molecule has 0 aliphatic carbocycles. The topological polar surface area (TPSA) is 47.3 Å². The highest BCUT2D eigenvalue weighted by Crippen LogP contribution is 1.98. The van der Waals surface area contributed by atoms with Crippen LogP contribution in [0.5, 0.6) is 0 Å². The summed E-state index contributed by atoms with van der Waals surface area (Å²) >= 11 is 0. The number of nitrogens with one attached hydrogen (secondary N) is 1. The van der Waals surface area contributed by atoms with E-state index in [2.05, 4.69) is 29.6 Å². The highest BCUT2D eigenvalue weighted by atomic mass is 16.5. The number of hydrogen-bond donors (Lipinski definition) is 2. The van der Waals surface area contributed by atoms with Crippen LogP contribution in [0.3, 0.4) is 0 Å². The van der Waals surface area contributed by atoms with Crippen LogP contribution in [0.15, 0.2) is 30.3 Å². The van der Waals surface area contributed by atoms with Crippen molar-refractivity contribution in [3.05, 3.63) is 35.9 Å². The normalized spacial score (nSPS) is 12.6. The minimum Gasteiger partial charge on any atom is -0.385 e. The number of benzene rings is 1. The third kappa shape index (κ3) is 5.85. The van der Waals surface area contributed by atoms with Crippen molar-refractivity contribution in [2.75, 3.05) is 20.3 Å². The molecule has 0 bridgehead atoms. The van der Waals surface area contributed by atoms with Gasteiger partial charge in [0.15, 0.2) is 0 Å². The van der Waals surface area contributed by atoms with Crippen LogP contribution in [0.25, 0.3) is 0 Å². The molecule has 0 aromatic heterocycles. The van der Waals surface area contributed by atoms with Gasteiger partial charge in [-0.3, -0.25) is 0 Å². The van der Waals surface area contributed by atoms with E-state index in [0.717, 1.165) is 32.5 Å². The zero-order valence-corrected chi connectivity index (χ0v) is 9.99. The third-order valence-electron chi connectivity index (χ3n) is 2.50. The van der Waals surface area contributed by atoms with Crippen LogP contribution in [-0.2, 0) is 11.3 Å². The van der Waals surface area contributed by atoms with Crippen molar-refractivity contribution in [3.63, 3.8) is 0 Å². The number of ether oxygens (including phenoxy) is 1. The minimum absolute atomic E-state index is 0.221. The molecule has 90 valence electrons. The van der Waals surface area contributed by atoms with Crippen molar-refractivity contribution in [2.45, 2.75) is 25.4 Å². The number of methoxy groups -OCH3 is 1. The Bertz CT molecular complexity index is 264. The van der Waals surface area contributed by atoms with E-state index in [9.17, 15) is 0 Å². The Balaban J connectivity index is 2.06. The Kier molecular flexibility index (Phi) is 6.81. The van der Waals surface area contributed by atoms with Gasteiger partial charge in [0.2, 0.25) is 0 Å². The summed E-state index contributed by atoms with van der Waals surface area (Å²) < 4.78 is 4.99. The maximum Gasteiger partial charge on any atom is 0.0462 e. The van der Waals surface area contributed by atoms with Gasteiger partial charge in [0, 0.05) is 32.8 Å².